The van der Waals surface area contributed by atoms with Crippen molar-refractivity contribution in [3.8, 4) is 0 Å². The Morgan fingerprint density at radius 2 is 1.67 bits per heavy atom. The molecule has 0 aliphatic heterocycles. The van der Waals surface area contributed by atoms with Crippen molar-refractivity contribution in [2.24, 2.45) is 0 Å². The monoisotopic (exact) mass is 238 g/mol. The zero-order valence-electron chi connectivity index (χ0n) is 9.32. The summed E-state index contributed by atoms with van der Waals surface area (Å²) in [7, 11) is 2.15. The number of carboxylic acid groups (broad SMARTS) is 1. The van der Waals surface area contributed by atoms with Gasteiger partial charge in [-0.15, -0.1) is 0 Å². The second kappa shape index (κ2) is 7.63. The van der Waals surface area contributed by atoms with E-state index in [4.69, 9.17) is 18.4 Å². The van der Waals surface area contributed by atoms with Gasteiger partial charge in [0.2, 0.25) is 0 Å². The Hall–Kier alpha value is -0.633. The average Bonchev–Trinajstić information content (AvgIpc) is 2.24. The predicted octanol–water partition coefficient (Wildman–Crippen LogP) is 1.34. The standard InChI is InChI=1S/C8H18O6Si/c1-11-15(12-2,13-3)7-5-4-6-14-8(9)10/h4-7H2,1-3H3,(H,9,10). The third-order valence-corrected chi connectivity index (χ3v) is 4.87. The summed E-state index contributed by atoms with van der Waals surface area (Å²) in [5.74, 6) is 0. The molecule has 0 bridgehead atoms. The molecule has 0 amide bonds. The van der Waals surface area contributed by atoms with Crippen LogP contribution in [0.2, 0.25) is 6.04 Å². The lowest BCUT2D eigenvalue weighted by Crippen LogP contribution is -2.42. The van der Waals surface area contributed by atoms with E-state index < -0.39 is 15.0 Å². The van der Waals surface area contributed by atoms with Gasteiger partial charge >= 0.3 is 15.0 Å². The topological polar surface area (TPSA) is 74.2 Å². The van der Waals surface area contributed by atoms with Crippen LogP contribution in [0.5, 0.6) is 0 Å². The number of unbranched alkanes of at least 4 members (excludes halogenated alkanes) is 1. The van der Waals surface area contributed by atoms with Gasteiger partial charge in [-0.05, 0) is 12.8 Å². The first kappa shape index (κ1) is 14.4. The molecule has 7 heteroatoms. The summed E-state index contributed by atoms with van der Waals surface area (Å²) in [4.78, 5) is 10.0. The zero-order chi connectivity index (χ0) is 11.7. The fourth-order valence-corrected chi connectivity index (χ4v) is 2.95. The minimum atomic E-state index is -2.50. The molecule has 0 radical (unpaired) electrons. The number of hydrogen-bond acceptors (Lipinski definition) is 5. The molecule has 0 aliphatic rings. The van der Waals surface area contributed by atoms with Gasteiger partial charge in [0.25, 0.3) is 0 Å². The summed E-state index contributed by atoms with van der Waals surface area (Å²) < 4.78 is 20.0. The molecule has 0 atom stereocenters. The van der Waals surface area contributed by atoms with Crippen LogP contribution in [-0.4, -0.2) is 48.0 Å². The van der Waals surface area contributed by atoms with Crippen molar-refractivity contribution < 1.29 is 27.9 Å². The Bertz CT molecular complexity index is 174. The van der Waals surface area contributed by atoms with E-state index in [1.54, 1.807) is 21.3 Å². The summed E-state index contributed by atoms with van der Waals surface area (Å²) in [5, 5.41) is 8.22. The fraction of sp³-hybridized carbons (Fsp3) is 0.875. The van der Waals surface area contributed by atoms with Gasteiger partial charge in [-0.25, -0.2) is 4.79 Å². The molecule has 0 fully saturated rings. The highest BCUT2D eigenvalue weighted by atomic mass is 28.4. The molecule has 0 rings (SSSR count). The highest BCUT2D eigenvalue weighted by Gasteiger charge is 2.36. The highest BCUT2D eigenvalue weighted by molar-refractivity contribution is 6.60. The van der Waals surface area contributed by atoms with Crippen molar-refractivity contribution in [1.82, 2.24) is 0 Å². The molecule has 0 saturated heterocycles. The van der Waals surface area contributed by atoms with Crippen LogP contribution in [0.1, 0.15) is 12.8 Å². The van der Waals surface area contributed by atoms with E-state index in [9.17, 15) is 4.79 Å². The second-order valence-electron chi connectivity index (χ2n) is 2.87. The zero-order valence-corrected chi connectivity index (χ0v) is 10.3. The Morgan fingerprint density at radius 3 is 2.07 bits per heavy atom. The Morgan fingerprint density at radius 1 is 1.13 bits per heavy atom. The molecule has 0 aliphatic carbocycles. The first-order valence-corrected chi connectivity index (χ1v) is 6.54. The van der Waals surface area contributed by atoms with Gasteiger partial charge in [0.1, 0.15) is 0 Å². The van der Waals surface area contributed by atoms with Crippen molar-refractivity contribution in [2.75, 3.05) is 27.9 Å². The summed E-state index contributed by atoms with van der Waals surface area (Å²) in [5.41, 5.74) is 0. The van der Waals surface area contributed by atoms with Gasteiger partial charge in [-0.1, -0.05) is 0 Å². The summed E-state index contributed by atoms with van der Waals surface area (Å²) in [6, 6.07) is 0.652. The SMILES string of the molecule is CO[Si](CCCCOC(=O)O)(OC)OC. The van der Waals surface area contributed by atoms with Crippen molar-refractivity contribution >= 4 is 15.0 Å². The fourth-order valence-electron chi connectivity index (χ4n) is 1.16. The van der Waals surface area contributed by atoms with Crippen molar-refractivity contribution in [3.05, 3.63) is 0 Å². The van der Waals surface area contributed by atoms with Gasteiger partial charge in [-0.2, -0.15) is 0 Å². The molecule has 0 unspecified atom stereocenters. The molecule has 0 aromatic heterocycles. The van der Waals surface area contributed by atoms with Crippen LogP contribution in [-0.2, 0) is 18.0 Å². The smallest absolute Gasteiger partial charge is 0.450 e. The lowest BCUT2D eigenvalue weighted by atomic mass is 10.4. The van der Waals surface area contributed by atoms with Gasteiger partial charge in [-0.3, -0.25) is 0 Å². The summed E-state index contributed by atoms with van der Waals surface area (Å²) in [6.07, 6.45) is 0.135. The molecule has 0 saturated carbocycles. The van der Waals surface area contributed by atoms with Crippen molar-refractivity contribution in [1.29, 1.82) is 0 Å². The van der Waals surface area contributed by atoms with Gasteiger partial charge < -0.3 is 23.1 Å². The number of rotatable bonds is 8. The van der Waals surface area contributed by atoms with E-state index in [2.05, 4.69) is 4.74 Å². The molecule has 90 valence electrons. The third kappa shape index (κ3) is 5.73. The van der Waals surface area contributed by atoms with E-state index in [0.29, 0.717) is 12.5 Å². The Balaban J connectivity index is 3.67. The maximum Gasteiger partial charge on any atom is 0.505 e. The number of carbonyl (C=O) groups is 1. The minimum absolute atomic E-state index is 0.191. The minimum Gasteiger partial charge on any atom is -0.450 e. The van der Waals surface area contributed by atoms with Crippen LogP contribution in [0.15, 0.2) is 0 Å². The lowest BCUT2D eigenvalue weighted by molar-refractivity contribution is 0.0893. The first-order valence-electron chi connectivity index (χ1n) is 4.61. The molecule has 0 spiro atoms. The number of ether oxygens (including phenoxy) is 1. The van der Waals surface area contributed by atoms with Gasteiger partial charge in [0.15, 0.2) is 0 Å². The van der Waals surface area contributed by atoms with Crippen LogP contribution < -0.4 is 0 Å². The van der Waals surface area contributed by atoms with Crippen LogP contribution in [0.25, 0.3) is 0 Å². The van der Waals surface area contributed by atoms with Gasteiger partial charge in [0.05, 0.1) is 6.61 Å². The van der Waals surface area contributed by atoms with E-state index in [1.807, 2.05) is 0 Å². The highest BCUT2D eigenvalue weighted by Crippen LogP contribution is 2.16. The van der Waals surface area contributed by atoms with E-state index in [-0.39, 0.29) is 6.61 Å². The first-order chi connectivity index (χ1) is 7.10. The van der Waals surface area contributed by atoms with E-state index in [0.717, 1.165) is 6.42 Å². The molecule has 6 nitrogen and oxygen atoms in total. The molecule has 0 aromatic rings. The molecule has 0 heterocycles. The quantitative estimate of drug-likeness (QED) is 0.391. The molecular weight excluding hydrogens is 220 g/mol. The molecule has 0 aromatic carbocycles. The predicted molar refractivity (Wildman–Crippen MR) is 54.8 cm³/mol. The Kier molecular flexibility index (Phi) is 7.31. The van der Waals surface area contributed by atoms with Crippen LogP contribution >= 0.6 is 0 Å². The van der Waals surface area contributed by atoms with Crippen LogP contribution in [0.4, 0.5) is 4.79 Å². The van der Waals surface area contributed by atoms with Crippen molar-refractivity contribution in [2.45, 2.75) is 18.9 Å². The second-order valence-corrected chi connectivity index (χ2v) is 5.96. The molecule has 1 N–H and O–H groups in total. The molecular formula is C8H18O6Si. The normalized spacial score (nSPS) is 11.4. The van der Waals surface area contributed by atoms with Crippen molar-refractivity contribution in [3.63, 3.8) is 0 Å². The third-order valence-electron chi connectivity index (χ3n) is 2.04. The lowest BCUT2D eigenvalue weighted by Gasteiger charge is -2.24. The van der Waals surface area contributed by atoms with Gasteiger partial charge in [0, 0.05) is 27.4 Å². The van der Waals surface area contributed by atoms with Crippen LogP contribution in [0.3, 0.4) is 0 Å². The van der Waals surface area contributed by atoms with E-state index in [1.165, 1.54) is 0 Å². The maximum atomic E-state index is 10.0. The summed E-state index contributed by atoms with van der Waals surface area (Å²) in [6.45, 7) is 0.191. The molecule has 15 heavy (non-hydrogen) atoms. The van der Waals surface area contributed by atoms with E-state index >= 15 is 0 Å². The summed E-state index contributed by atoms with van der Waals surface area (Å²) >= 11 is 0. The largest absolute Gasteiger partial charge is 0.505 e. The average molecular weight is 238 g/mol. The van der Waals surface area contributed by atoms with Crippen LogP contribution in [0, 0.1) is 0 Å². The Labute approximate surface area is 90.5 Å². The maximum absolute atomic E-state index is 10.0. The number of hydrogen-bond donors (Lipinski definition) is 1.